The molecule has 2 fully saturated rings. The summed E-state index contributed by atoms with van der Waals surface area (Å²) in [5.41, 5.74) is -0.0262. The molecule has 0 saturated heterocycles. The Morgan fingerprint density at radius 2 is 2.15 bits per heavy atom. The minimum absolute atomic E-state index is 0.0671. The Bertz CT molecular complexity index is 442. The molecule has 0 aliphatic heterocycles. The van der Waals surface area contributed by atoms with Crippen molar-refractivity contribution in [3.05, 3.63) is 0 Å². The standard InChI is InChI=1S/C16H25NO2Se/c1-10(19-5)12(7-9-17)20-13-11-6-8-16(4,14(13)18)15(11,2)3/h10-13H,6-8H2,1-5H3/t10?,11-,12?,13+,16+/m1/s1. The molecule has 5 atom stereocenters. The van der Waals surface area contributed by atoms with Crippen molar-refractivity contribution in [1.29, 1.82) is 5.26 Å². The van der Waals surface area contributed by atoms with Crippen molar-refractivity contribution < 1.29 is 9.53 Å². The molecule has 3 nitrogen and oxygen atoms in total. The molecule has 0 aromatic heterocycles. The van der Waals surface area contributed by atoms with Crippen LogP contribution in [0.15, 0.2) is 0 Å². The van der Waals surface area contributed by atoms with Crippen LogP contribution in [0.3, 0.4) is 0 Å². The van der Waals surface area contributed by atoms with E-state index in [1.807, 2.05) is 6.92 Å². The van der Waals surface area contributed by atoms with E-state index in [-0.39, 0.29) is 41.5 Å². The van der Waals surface area contributed by atoms with Crippen LogP contribution in [0.1, 0.15) is 47.0 Å². The predicted octanol–water partition coefficient (Wildman–Crippen LogP) is 3.24. The Kier molecular flexibility index (Phi) is 4.36. The molecule has 2 aliphatic carbocycles. The molecular weight excluding hydrogens is 317 g/mol. The topological polar surface area (TPSA) is 50.1 Å². The number of Topliss-reactive ketones (excluding diaryl/α,β-unsaturated/α-hetero) is 1. The molecule has 2 saturated carbocycles. The molecule has 2 aliphatic rings. The number of ketones is 1. The van der Waals surface area contributed by atoms with Crippen molar-refractivity contribution in [2.24, 2.45) is 16.7 Å². The number of ether oxygens (including phenoxy) is 1. The summed E-state index contributed by atoms with van der Waals surface area (Å²) in [6, 6.07) is 2.27. The fraction of sp³-hybridized carbons (Fsp3) is 0.875. The van der Waals surface area contributed by atoms with Gasteiger partial charge in [0.2, 0.25) is 0 Å². The van der Waals surface area contributed by atoms with Gasteiger partial charge in [0.15, 0.2) is 0 Å². The van der Waals surface area contributed by atoms with Crippen LogP contribution in [0.2, 0.25) is 9.63 Å². The van der Waals surface area contributed by atoms with E-state index in [1.54, 1.807) is 7.11 Å². The third-order valence-corrected chi connectivity index (χ3v) is 9.62. The molecule has 20 heavy (non-hydrogen) atoms. The van der Waals surface area contributed by atoms with Gasteiger partial charge in [-0.05, 0) is 0 Å². The number of hydrogen-bond acceptors (Lipinski definition) is 3. The normalized spacial score (nSPS) is 37.7. The Labute approximate surface area is 128 Å². The zero-order valence-electron chi connectivity index (χ0n) is 13.1. The number of carbonyl (C=O) groups is 1. The first kappa shape index (κ1) is 16.0. The van der Waals surface area contributed by atoms with Gasteiger partial charge in [-0.2, -0.15) is 0 Å². The van der Waals surface area contributed by atoms with Crippen LogP contribution in [0.4, 0.5) is 0 Å². The van der Waals surface area contributed by atoms with Crippen molar-refractivity contribution in [3.63, 3.8) is 0 Å². The van der Waals surface area contributed by atoms with E-state index in [2.05, 4.69) is 26.8 Å². The van der Waals surface area contributed by atoms with Gasteiger partial charge in [0.05, 0.1) is 0 Å². The Morgan fingerprint density at radius 3 is 2.60 bits per heavy atom. The number of nitrogens with zero attached hydrogens (tertiary/aromatic N) is 1. The molecule has 0 aromatic rings. The van der Waals surface area contributed by atoms with Crippen LogP contribution in [0.25, 0.3) is 0 Å². The van der Waals surface area contributed by atoms with Crippen LogP contribution in [-0.2, 0) is 9.53 Å². The number of hydrogen-bond donors (Lipinski definition) is 0. The third-order valence-electron chi connectivity index (χ3n) is 5.98. The average molecular weight is 342 g/mol. The van der Waals surface area contributed by atoms with E-state index in [0.29, 0.717) is 18.1 Å². The quantitative estimate of drug-likeness (QED) is 0.721. The summed E-state index contributed by atoms with van der Waals surface area (Å²) >= 11 is 0.155. The molecule has 0 aromatic carbocycles. The molecular formula is C16H25NO2Se. The maximum absolute atomic E-state index is 12.8. The van der Waals surface area contributed by atoms with Gasteiger partial charge in [-0.15, -0.1) is 0 Å². The molecule has 0 amide bonds. The first-order valence-electron chi connectivity index (χ1n) is 7.39. The summed E-state index contributed by atoms with van der Waals surface area (Å²) in [6.45, 7) is 8.70. The number of nitriles is 1. The van der Waals surface area contributed by atoms with Crippen molar-refractivity contribution in [2.75, 3.05) is 7.11 Å². The first-order valence-corrected chi connectivity index (χ1v) is 9.37. The second kappa shape index (κ2) is 5.44. The van der Waals surface area contributed by atoms with Gasteiger partial charge in [-0.3, -0.25) is 0 Å². The summed E-state index contributed by atoms with van der Waals surface area (Å²) in [6.07, 6.45) is 2.78. The molecule has 0 heterocycles. The fourth-order valence-electron chi connectivity index (χ4n) is 3.92. The summed E-state index contributed by atoms with van der Waals surface area (Å²) < 4.78 is 5.42. The molecule has 2 unspecified atom stereocenters. The Balaban J connectivity index is 2.19. The van der Waals surface area contributed by atoms with E-state index >= 15 is 0 Å². The average Bonchev–Trinajstić information content (AvgIpc) is 2.71. The zero-order chi connectivity index (χ0) is 15.1. The van der Waals surface area contributed by atoms with Crippen LogP contribution < -0.4 is 0 Å². The second-order valence-electron chi connectivity index (χ2n) is 6.96. The van der Waals surface area contributed by atoms with E-state index in [1.165, 1.54) is 6.42 Å². The summed E-state index contributed by atoms with van der Waals surface area (Å²) in [7, 11) is 1.69. The number of fused-ring (bicyclic) bond motifs is 2. The van der Waals surface area contributed by atoms with Gasteiger partial charge in [0, 0.05) is 0 Å². The number of methoxy groups -OCH3 is 1. The predicted molar refractivity (Wildman–Crippen MR) is 79.6 cm³/mol. The Morgan fingerprint density at radius 1 is 1.50 bits per heavy atom. The maximum atomic E-state index is 12.8. The first-order chi connectivity index (χ1) is 9.29. The minimum atomic E-state index is -0.141. The fourth-order valence-corrected chi connectivity index (χ4v) is 7.96. The number of rotatable bonds is 5. The molecule has 0 spiro atoms. The third kappa shape index (κ3) is 2.15. The zero-order valence-corrected chi connectivity index (χ0v) is 14.8. The van der Waals surface area contributed by atoms with E-state index in [4.69, 9.17) is 10.00 Å². The molecule has 2 bridgehead atoms. The van der Waals surface area contributed by atoms with Gasteiger partial charge in [0.25, 0.3) is 0 Å². The Hall–Kier alpha value is -0.361. The second-order valence-corrected chi connectivity index (χ2v) is 9.87. The van der Waals surface area contributed by atoms with Crippen molar-refractivity contribution in [1.82, 2.24) is 0 Å². The molecule has 0 N–H and O–H groups in total. The van der Waals surface area contributed by atoms with Gasteiger partial charge in [-0.1, -0.05) is 0 Å². The van der Waals surface area contributed by atoms with Gasteiger partial charge >= 0.3 is 128 Å². The molecule has 0 radical (unpaired) electrons. The van der Waals surface area contributed by atoms with Crippen LogP contribution in [0, 0.1) is 28.1 Å². The summed E-state index contributed by atoms with van der Waals surface area (Å²) in [4.78, 5) is 13.3. The van der Waals surface area contributed by atoms with Crippen LogP contribution in [-0.4, -0.2) is 34.0 Å². The van der Waals surface area contributed by atoms with E-state index in [9.17, 15) is 4.79 Å². The van der Waals surface area contributed by atoms with Crippen molar-refractivity contribution in [2.45, 2.75) is 62.7 Å². The van der Waals surface area contributed by atoms with E-state index in [0.717, 1.165) is 6.42 Å². The van der Waals surface area contributed by atoms with Crippen LogP contribution in [0.5, 0.6) is 0 Å². The van der Waals surface area contributed by atoms with Gasteiger partial charge < -0.3 is 0 Å². The SMILES string of the molecule is COC(C)C(CC#N)[Se][C@@H]1C(=O)[C@]2(C)CC[C@H]1C2(C)C. The summed E-state index contributed by atoms with van der Waals surface area (Å²) in [5, 5.41) is 9.03. The van der Waals surface area contributed by atoms with Gasteiger partial charge in [-0.25, -0.2) is 0 Å². The molecule has 112 valence electrons. The molecule has 2 rings (SSSR count). The van der Waals surface area contributed by atoms with Crippen LogP contribution >= 0.6 is 0 Å². The van der Waals surface area contributed by atoms with Gasteiger partial charge in [0.1, 0.15) is 0 Å². The molecule has 4 heteroatoms. The summed E-state index contributed by atoms with van der Waals surface area (Å²) in [5.74, 6) is 0.968. The van der Waals surface area contributed by atoms with Crippen molar-refractivity contribution in [3.8, 4) is 6.07 Å². The van der Waals surface area contributed by atoms with Crippen molar-refractivity contribution >= 4 is 20.7 Å². The number of carbonyl (C=O) groups excluding carboxylic acids is 1. The van der Waals surface area contributed by atoms with E-state index < -0.39 is 0 Å². The monoisotopic (exact) mass is 343 g/mol.